The number of anilines is 1. The maximum atomic E-state index is 14.1. The van der Waals surface area contributed by atoms with Crippen molar-refractivity contribution in [3.05, 3.63) is 76.9 Å². The number of benzene rings is 3. The Morgan fingerprint density at radius 2 is 1.26 bits per heavy atom. The second-order valence-corrected chi connectivity index (χ2v) is 8.84. The predicted molar refractivity (Wildman–Crippen MR) is 124 cm³/mol. The van der Waals surface area contributed by atoms with Gasteiger partial charge >= 0.3 is 7.75 Å². The molecule has 3 aromatic rings. The molecule has 0 aliphatic rings. The molecule has 0 aliphatic heterocycles. The standard InChI is InChI=1S/C24H28NO5P/c1-16-9-7-11-22(18(16)3)29-31(26,30-23-12-8-10-17(2)19(23)4)25-21-15-20(27-5)13-14-24(21)28-6/h7-15H,1-6H3,(H,25,26). The summed E-state index contributed by atoms with van der Waals surface area (Å²) in [5, 5.41) is 2.95. The molecule has 0 heterocycles. The molecular formula is C24H28NO5P. The highest BCUT2D eigenvalue weighted by atomic mass is 31.2. The molecular weight excluding hydrogens is 413 g/mol. The lowest BCUT2D eigenvalue weighted by Crippen LogP contribution is -2.12. The minimum absolute atomic E-state index is 0.431. The Balaban J connectivity index is 2.06. The fraction of sp³-hybridized carbons (Fsp3) is 0.250. The molecule has 164 valence electrons. The molecule has 7 heteroatoms. The van der Waals surface area contributed by atoms with Gasteiger partial charge in [-0.1, -0.05) is 24.3 Å². The van der Waals surface area contributed by atoms with E-state index < -0.39 is 7.75 Å². The van der Waals surface area contributed by atoms with Crippen molar-refractivity contribution in [3.8, 4) is 23.0 Å². The van der Waals surface area contributed by atoms with E-state index in [4.69, 9.17) is 18.5 Å². The van der Waals surface area contributed by atoms with E-state index in [0.717, 1.165) is 22.3 Å². The van der Waals surface area contributed by atoms with Crippen LogP contribution in [0.4, 0.5) is 5.69 Å². The summed E-state index contributed by atoms with van der Waals surface area (Å²) in [6.07, 6.45) is 0. The van der Waals surface area contributed by atoms with E-state index in [0.29, 0.717) is 28.7 Å². The molecule has 0 bridgehead atoms. The van der Waals surface area contributed by atoms with Crippen molar-refractivity contribution in [2.75, 3.05) is 19.3 Å². The lowest BCUT2D eigenvalue weighted by atomic mass is 10.1. The number of methoxy groups -OCH3 is 2. The maximum absolute atomic E-state index is 14.1. The largest absolute Gasteiger partial charge is 0.541 e. The van der Waals surface area contributed by atoms with Gasteiger partial charge in [-0.15, -0.1) is 0 Å². The van der Waals surface area contributed by atoms with E-state index in [-0.39, 0.29) is 0 Å². The van der Waals surface area contributed by atoms with Gasteiger partial charge < -0.3 is 18.5 Å². The first-order valence-electron chi connectivity index (χ1n) is 9.88. The molecule has 0 saturated heterocycles. The average Bonchev–Trinajstić information content (AvgIpc) is 2.74. The molecule has 0 saturated carbocycles. The number of ether oxygens (including phenoxy) is 2. The van der Waals surface area contributed by atoms with Crippen molar-refractivity contribution in [2.45, 2.75) is 27.7 Å². The van der Waals surface area contributed by atoms with Crippen molar-refractivity contribution >= 4 is 13.4 Å². The second-order valence-electron chi connectivity index (χ2n) is 7.25. The molecule has 0 spiro atoms. The molecule has 6 nitrogen and oxygen atoms in total. The molecule has 31 heavy (non-hydrogen) atoms. The second kappa shape index (κ2) is 9.36. The summed E-state index contributed by atoms with van der Waals surface area (Å²) in [7, 11) is -0.838. The highest BCUT2D eigenvalue weighted by molar-refractivity contribution is 7.56. The lowest BCUT2D eigenvalue weighted by molar-refractivity contribution is 0.387. The zero-order chi connectivity index (χ0) is 22.6. The summed E-state index contributed by atoms with van der Waals surface area (Å²) >= 11 is 0. The third-order valence-corrected chi connectivity index (χ3v) is 6.60. The Hall–Kier alpha value is -3.11. The molecule has 0 fully saturated rings. The van der Waals surface area contributed by atoms with Crippen molar-refractivity contribution < 1.29 is 23.1 Å². The molecule has 0 aliphatic carbocycles. The molecule has 0 amide bonds. The van der Waals surface area contributed by atoms with Crippen LogP contribution in [-0.4, -0.2) is 14.2 Å². The summed E-state index contributed by atoms with van der Waals surface area (Å²) in [5.41, 5.74) is 4.24. The van der Waals surface area contributed by atoms with Crippen LogP contribution in [0.5, 0.6) is 23.0 Å². The van der Waals surface area contributed by atoms with Crippen LogP contribution in [-0.2, 0) is 4.57 Å². The van der Waals surface area contributed by atoms with E-state index in [2.05, 4.69) is 5.09 Å². The molecule has 0 unspecified atom stereocenters. The van der Waals surface area contributed by atoms with Crippen LogP contribution >= 0.6 is 7.75 Å². The quantitative estimate of drug-likeness (QED) is 0.397. The van der Waals surface area contributed by atoms with Gasteiger partial charge in [0.2, 0.25) is 0 Å². The number of rotatable bonds is 8. The topological polar surface area (TPSA) is 66.0 Å². The van der Waals surface area contributed by atoms with Gasteiger partial charge in [0.05, 0.1) is 19.9 Å². The molecule has 0 atom stereocenters. The first kappa shape index (κ1) is 22.6. The first-order valence-corrected chi connectivity index (χ1v) is 11.4. The fourth-order valence-electron chi connectivity index (χ4n) is 3.02. The summed E-state index contributed by atoms with van der Waals surface area (Å²) < 4.78 is 36.8. The van der Waals surface area contributed by atoms with Crippen LogP contribution < -0.4 is 23.6 Å². The van der Waals surface area contributed by atoms with Crippen molar-refractivity contribution in [1.82, 2.24) is 0 Å². The molecule has 0 radical (unpaired) electrons. The van der Waals surface area contributed by atoms with Gasteiger partial charge in [0.15, 0.2) is 0 Å². The zero-order valence-corrected chi connectivity index (χ0v) is 19.6. The highest BCUT2D eigenvalue weighted by Gasteiger charge is 2.32. The summed E-state index contributed by atoms with van der Waals surface area (Å²) in [6, 6.07) is 16.3. The van der Waals surface area contributed by atoms with Gasteiger partial charge in [-0.25, -0.2) is 4.57 Å². The van der Waals surface area contributed by atoms with Gasteiger partial charge in [0.25, 0.3) is 0 Å². The van der Waals surface area contributed by atoms with Gasteiger partial charge in [-0.3, -0.25) is 5.09 Å². The zero-order valence-electron chi connectivity index (χ0n) is 18.7. The van der Waals surface area contributed by atoms with Crippen LogP contribution in [0.2, 0.25) is 0 Å². The molecule has 3 aromatic carbocycles. The summed E-state index contributed by atoms with van der Waals surface area (Å²) in [4.78, 5) is 0. The Morgan fingerprint density at radius 1 is 0.710 bits per heavy atom. The van der Waals surface area contributed by atoms with Crippen LogP contribution in [0.1, 0.15) is 22.3 Å². The normalized spacial score (nSPS) is 11.0. The summed E-state index contributed by atoms with van der Waals surface area (Å²) in [6.45, 7) is 7.77. The average molecular weight is 441 g/mol. The summed E-state index contributed by atoms with van der Waals surface area (Å²) in [5.74, 6) is 2.01. The van der Waals surface area contributed by atoms with Crippen LogP contribution in [0, 0.1) is 27.7 Å². The Kier molecular flexibility index (Phi) is 6.81. The third kappa shape index (κ3) is 5.15. The number of hydrogen-bond donors (Lipinski definition) is 1. The number of aryl methyl sites for hydroxylation is 2. The Bertz CT molecular complexity index is 1070. The number of nitrogens with one attached hydrogen (secondary N) is 1. The molecule has 0 aromatic heterocycles. The third-order valence-electron chi connectivity index (χ3n) is 5.21. The van der Waals surface area contributed by atoms with Crippen LogP contribution in [0.3, 0.4) is 0 Å². The fourth-order valence-corrected chi connectivity index (χ4v) is 4.53. The van der Waals surface area contributed by atoms with Gasteiger partial charge in [-0.2, -0.15) is 0 Å². The Morgan fingerprint density at radius 3 is 1.74 bits per heavy atom. The van der Waals surface area contributed by atoms with Gasteiger partial charge in [0, 0.05) is 6.07 Å². The van der Waals surface area contributed by atoms with Crippen molar-refractivity contribution in [3.63, 3.8) is 0 Å². The van der Waals surface area contributed by atoms with E-state index in [9.17, 15) is 4.57 Å². The molecule has 1 N–H and O–H groups in total. The van der Waals surface area contributed by atoms with E-state index in [1.54, 1.807) is 37.4 Å². The minimum atomic E-state index is -3.93. The van der Waals surface area contributed by atoms with Crippen molar-refractivity contribution in [2.24, 2.45) is 0 Å². The number of hydrogen-bond acceptors (Lipinski definition) is 5. The van der Waals surface area contributed by atoms with Gasteiger partial charge in [0.1, 0.15) is 23.0 Å². The van der Waals surface area contributed by atoms with E-state index in [1.165, 1.54) is 7.11 Å². The maximum Gasteiger partial charge on any atom is 0.541 e. The van der Waals surface area contributed by atoms with Crippen LogP contribution in [0.25, 0.3) is 0 Å². The van der Waals surface area contributed by atoms with E-state index in [1.807, 2.05) is 52.0 Å². The SMILES string of the molecule is COc1ccc(OC)c(NP(=O)(Oc2cccc(C)c2C)Oc2cccc(C)c2C)c1. The van der Waals surface area contributed by atoms with Crippen molar-refractivity contribution in [1.29, 1.82) is 0 Å². The van der Waals surface area contributed by atoms with E-state index >= 15 is 0 Å². The Labute approximate surface area is 183 Å². The predicted octanol–water partition coefficient (Wildman–Crippen LogP) is 6.62. The lowest BCUT2D eigenvalue weighted by Gasteiger charge is -2.24. The van der Waals surface area contributed by atoms with Crippen LogP contribution in [0.15, 0.2) is 54.6 Å². The molecule has 3 rings (SSSR count). The monoisotopic (exact) mass is 441 g/mol. The minimum Gasteiger partial charge on any atom is -0.497 e. The first-order chi connectivity index (χ1) is 14.8. The smallest absolute Gasteiger partial charge is 0.497 e. The highest BCUT2D eigenvalue weighted by Crippen LogP contribution is 2.51. The van der Waals surface area contributed by atoms with Gasteiger partial charge in [-0.05, 0) is 74.2 Å².